The molecule has 1 amide bonds. The highest BCUT2D eigenvalue weighted by molar-refractivity contribution is 5.85. The maximum Gasteiger partial charge on any atom is 0.227 e. The maximum absolute atomic E-state index is 11.8. The molecule has 4 heteroatoms. The van der Waals surface area contributed by atoms with Gasteiger partial charge in [0.25, 0.3) is 0 Å². The molecule has 0 aromatic heterocycles. The van der Waals surface area contributed by atoms with E-state index in [9.17, 15) is 4.79 Å². The summed E-state index contributed by atoms with van der Waals surface area (Å²) in [5.74, 6) is 0.127. The lowest BCUT2D eigenvalue weighted by Gasteiger charge is -2.19. The van der Waals surface area contributed by atoms with Gasteiger partial charge in [0.1, 0.15) is 0 Å². The number of hydrogen-bond acceptors (Lipinski definition) is 3. The summed E-state index contributed by atoms with van der Waals surface area (Å²) in [6.45, 7) is 3.22. The van der Waals surface area contributed by atoms with Crippen LogP contribution in [0.15, 0.2) is 0 Å². The molecule has 0 radical (unpaired) electrons. The molecule has 2 atom stereocenters. The Morgan fingerprint density at radius 3 is 2.79 bits per heavy atom. The predicted octanol–water partition coefficient (Wildman–Crippen LogP) is 0.0189. The maximum atomic E-state index is 11.8. The first-order valence-electron chi connectivity index (χ1n) is 5.31. The van der Waals surface area contributed by atoms with Gasteiger partial charge in [-0.3, -0.25) is 4.79 Å². The van der Waals surface area contributed by atoms with Gasteiger partial charge in [0, 0.05) is 13.2 Å². The van der Waals surface area contributed by atoms with Crippen LogP contribution in [0.2, 0.25) is 0 Å². The standard InChI is InChI=1S/C10H18N2O2/c1-7-8(2-5-14-7)12-9(13)10(6-11)3-4-10/h7-8H,2-6,11H2,1H3,(H,12,13). The van der Waals surface area contributed by atoms with Gasteiger partial charge in [-0.05, 0) is 26.2 Å². The van der Waals surface area contributed by atoms with Crippen molar-refractivity contribution < 1.29 is 9.53 Å². The Hall–Kier alpha value is -0.610. The Labute approximate surface area is 84.2 Å². The Balaban J connectivity index is 1.88. The number of ether oxygens (including phenoxy) is 1. The Bertz CT molecular complexity index is 238. The molecule has 4 nitrogen and oxygen atoms in total. The number of rotatable bonds is 3. The number of nitrogens with two attached hydrogens (primary N) is 1. The van der Waals surface area contributed by atoms with Crippen molar-refractivity contribution in [1.82, 2.24) is 5.32 Å². The first kappa shape index (κ1) is 9.93. The summed E-state index contributed by atoms with van der Waals surface area (Å²) in [4.78, 5) is 11.8. The second kappa shape index (κ2) is 3.51. The summed E-state index contributed by atoms with van der Waals surface area (Å²) in [5, 5.41) is 3.04. The molecule has 0 bridgehead atoms. The average Bonchev–Trinajstić information content (AvgIpc) is 2.89. The van der Waals surface area contributed by atoms with Crippen LogP contribution in [0, 0.1) is 5.41 Å². The van der Waals surface area contributed by atoms with E-state index in [0.717, 1.165) is 25.9 Å². The fourth-order valence-corrected chi connectivity index (χ4v) is 1.92. The van der Waals surface area contributed by atoms with Gasteiger partial charge < -0.3 is 15.8 Å². The van der Waals surface area contributed by atoms with Crippen molar-refractivity contribution in [2.45, 2.75) is 38.3 Å². The number of carbonyl (C=O) groups is 1. The molecule has 0 spiro atoms. The average molecular weight is 198 g/mol. The molecular formula is C10H18N2O2. The topological polar surface area (TPSA) is 64.3 Å². The first-order chi connectivity index (χ1) is 6.68. The van der Waals surface area contributed by atoms with Crippen molar-refractivity contribution in [2.75, 3.05) is 13.2 Å². The lowest BCUT2D eigenvalue weighted by atomic mass is 10.0. The summed E-state index contributed by atoms with van der Waals surface area (Å²) in [5.41, 5.74) is 5.35. The lowest BCUT2D eigenvalue weighted by Crippen LogP contribution is -2.45. The molecule has 2 aliphatic rings. The molecule has 1 saturated carbocycles. The van der Waals surface area contributed by atoms with Crippen LogP contribution in [0.1, 0.15) is 26.2 Å². The minimum absolute atomic E-state index is 0.127. The molecule has 1 aliphatic carbocycles. The van der Waals surface area contributed by atoms with Crippen molar-refractivity contribution in [2.24, 2.45) is 11.1 Å². The van der Waals surface area contributed by atoms with Crippen LogP contribution in [0.4, 0.5) is 0 Å². The van der Waals surface area contributed by atoms with Crippen molar-refractivity contribution >= 4 is 5.91 Å². The van der Waals surface area contributed by atoms with E-state index >= 15 is 0 Å². The molecule has 0 aromatic carbocycles. The molecule has 1 aliphatic heterocycles. The third-order valence-electron chi connectivity index (χ3n) is 3.42. The van der Waals surface area contributed by atoms with Crippen LogP contribution < -0.4 is 11.1 Å². The highest BCUT2D eigenvalue weighted by atomic mass is 16.5. The highest BCUT2D eigenvalue weighted by Crippen LogP contribution is 2.44. The van der Waals surface area contributed by atoms with E-state index in [0.29, 0.717) is 6.54 Å². The van der Waals surface area contributed by atoms with Gasteiger partial charge in [0.05, 0.1) is 17.6 Å². The molecule has 2 unspecified atom stereocenters. The van der Waals surface area contributed by atoms with Crippen LogP contribution in [0.3, 0.4) is 0 Å². The smallest absolute Gasteiger partial charge is 0.227 e. The van der Waals surface area contributed by atoms with E-state index in [1.807, 2.05) is 6.92 Å². The Morgan fingerprint density at radius 2 is 2.36 bits per heavy atom. The number of hydrogen-bond donors (Lipinski definition) is 2. The third kappa shape index (κ3) is 1.64. The molecule has 3 N–H and O–H groups in total. The molecule has 80 valence electrons. The Morgan fingerprint density at radius 1 is 1.64 bits per heavy atom. The third-order valence-corrected chi connectivity index (χ3v) is 3.42. The summed E-state index contributed by atoms with van der Waals surface area (Å²) < 4.78 is 5.39. The fourth-order valence-electron chi connectivity index (χ4n) is 1.92. The minimum Gasteiger partial charge on any atom is -0.376 e. The van der Waals surface area contributed by atoms with Gasteiger partial charge >= 0.3 is 0 Å². The second-order valence-electron chi connectivity index (χ2n) is 4.43. The highest BCUT2D eigenvalue weighted by Gasteiger charge is 2.49. The molecule has 1 heterocycles. The molecule has 2 fully saturated rings. The van der Waals surface area contributed by atoms with E-state index in [-0.39, 0.29) is 23.5 Å². The van der Waals surface area contributed by atoms with Gasteiger partial charge in [-0.1, -0.05) is 0 Å². The zero-order chi connectivity index (χ0) is 10.2. The quantitative estimate of drug-likeness (QED) is 0.672. The molecule has 0 aromatic rings. The number of nitrogens with one attached hydrogen (secondary N) is 1. The number of carbonyl (C=O) groups excluding carboxylic acids is 1. The van der Waals surface area contributed by atoms with Crippen LogP contribution in [-0.4, -0.2) is 31.2 Å². The summed E-state index contributed by atoms with van der Waals surface area (Å²) in [6.07, 6.45) is 2.95. The van der Waals surface area contributed by atoms with Gasteiger partial charge in [0.2, 0.25) is 5.91 Å². The van der Waals surface area contributed by atoms with Crippen LogP contribution in [0.5, 0.6) is 0 Å². The van der Waals surface area contributed by atoms with Crippen molar-refractivity contribution in [3.8, 4) is 0 Å². The van der Waals surface area contributed by atoms with Crippen molar-refractivity contribution in [1.29, 1.82) is 0 Å². The first-order valence-corrected chi connectivity index (χ1v) is 5.31. The SMILES string of the molecule is CC1OCCC1NC(=O)C1(CN)CC1. The van der Waals surface area contributed by atoms with Crippen LogP contribution in [-0.2, 0) is 9.53 Å². The van der Waals surface area contributed by atoms with E-state index in [1.165, 1.54) is 0 Å². The molecule has 2 rings (SSSR count). The summed E-state index contributed by atoms with van der Waals surface area (Å²) in [7, 11) is 0. The minimum atomic E-state index is -0.234. The molecule has 1 saturated heterocycles. The van der Waals surface area contributed by atoms with Gasteiger partial charge in [-0.25, -0.2) is 0 Å². The molecular weight excluding hydrogens is 180 g/mol. The zero-order valence-electron chi connectivity index (χ0n) is 8.58. The lowest BCUT2D eigenvalue weighted by molar-refractivity contribution is -0.127. The van der Waals surface area contributed by atoms with Gasteiger partial charge in [0.15, 0.2) is 0 Å². The summed E-state index contributed by atoms with van der Waals surface area (Å²) >= 11 is 0. The largest absolute Gasteiger partial charge is 0.376 e. The summed E-state index contributed by atoms with van der Waals surface area (Å²) in [6, 6.07) is 0.187. The van der Waals surface area contributed by atoms with Crippen molar-refractivity contribution in [3.05, 3.63) is 0 Å². The normalized spacial score (nSPS) is 34.1. The van der Waals surface area contributed by atoms with Gasteiger partial charge in [-0.2, -0.15) is 0 Å². The van der Waals surface area contributed by atoms with Crippen LogP contribution in [0.25, 0.3) is 0 Å². The fraction of sp³-hybridized carbons (Fsp3) is 0.900. The van der Waals surface area contributed by atoms with Crippen molar-refractivity contribution in [3.63, 3.8) is 0 Å². The Kier molecular flexibility index (Phi) is 2.49. The van der Waals surface area contributed by atoms with E-state index in [2.05, 4.69) is 5.32 Å². The van der Waals surface area contributed by atoms with E-state index < -0.39 is 0 Å². The monoisotopic (exact) mass is 198 g/mol. The predicted molar refractivity (Wildman–Crippen MR) is 52.7 cm³/mol. The van der Waals surface area contributed by atoms with E-state index in [1.54, 1.807) is 0 Å². The number of amides is 1. The second-order valence-corrected chi connectivity index (χ2v) is 4.43. The molecule has 14 heavy (non-hydrogen) atoms. The van der Waals surface area contributed by atoms with Gasteiger partial charge in [-0.15, -0.1) is 0 Å². The van der Waals surface area contributed by atoms with Crippen LogP contribution >= 0.6 is 0 Å². The van der Waals surface area contributed by atoms with E-state index in [4.69, 9.17) is 10.5 Å². The zero-order valence-corrected chi connectivity index (χ0v) is 8.58.